The van der Waals surface area contributed by atoms with Gasteiger partial charge in [0.25, 0.3) is 5.91 Å². The number of rotatable bonds is 4. The van der Waals surface area contributed by atoms with Crippen LogP contribution in [0.4, 0.5) is 5.82 Å². The lowest BCUT2D eigenvalue weighted by Crippen LogP contribution is -2.35. The van der Waals surface area contributed by atoms with Crippen molar-refractivity contribution in [3.63, 3.8) is 0 Å². The maximum absolute atomic E-state index is 13.1. The van der Waals surface area contributed by atoms with Crippen molar-refractivity contribution in [2.45, 2.75) is 20.3 Å². The molecule has 0 aliphatic carbocycles. The number of aryl methyl sites for hydroxylation is 2. The number of hydrogen-bond acceptors (Lipinski definition) is 6. The predicted octanol–water partition coefficient (Wildman–Crippen LogP) is 3.79. The predicted molar refractivity (Wildman–Crippen MR) is 132 cm³/mol. The van der Waals surface area contributed by atoms with Gasteiger partial charge in [-0.1, -0.05) is 23.8 Å². The Morgan fingerprint density at radius 3 is 2.59 bits per heavy atom. The fourth-order valence-corrected chi connectivity index (χ4v) is 4.39. The molecule has 1 saturated heterocycles. The molecular weight excluding hydrogens is 428 g/mol. The first-order valence-corrected chi connectivity index (χ1v) is 11.5. The minimum Gasteiger partial charge on any atom is -0.497 e. The van der Waals surface area contributed by atoms with Gasteiger partial charge in [0.05, 0.1) is 24.4 Å². The number of benzene rings is 2. The highest BCUT2D eigenvalue weighted by atomic mass is 16.5. The van der Waals surface area contributed by atoms with Gasteiger partial charge in [-0.2, -0.15) is 5.10 Å². The third-order valence-electron chi connectivity index (χ3n) is 6.20. The fraction of sp³-hybridized carbons (Fsp3) is 0.308. The van der Waals surface area contributed by atoms with Gasteiger partial charge in [0.1, 0.15) is 17.4 Å². The molecule has 0 unspecified atom stereocenters. The van der Waals surface area contributed by atoms with Crippen molar-refractivity contribution in [2.24, 2.45) is 0 Å². The molecule has 1 aliphatic heterocycles. The van der Waals surface area contributed by atoms with E-state index in [1.54, 1.807) is 13.2 Å². The van der Waals surface area contributed by atoms with Gasteiger partial charge < -0.3 is 14.5 Å². The Morgan fingerprint density at radius 1 is 0.971 bits per heavy atom. The maximum Gasteiger partial charge on any atom is 0.254 e. The summed E-state index contributed by atoms with van der Waals surface area (Å²) in [6.07, 6.45) is 2.69. The van der Waals surface area contributed by atoms with Crippen molar-refractivity contribution < 1.29 is 9.53 Å². The summed E-state index contributed by atoms with van der Waals surface area (Å²) in [6, 6.07) is 15.6. The molecule has 0 atom stereocenters. The number of methoxy groups -OCH3 is 1. The zero-order valence-corrected chi connectivity index (χ0v) is 19.7. The van der Waals surface area contributed by atoms with Gasteiger partial charge in [0.15, 0.2) is 5.65 Å². The standard InChI is InChI=1S/C26H28N6O2/c1-18-8-10-21(11-9-18)32-25-23(17-27-32)24(28-19(2)29-25)30-12-5-13-31(15-14-30)26(33)20-6-4-7-22(16-20)34-3/h4,6-11,16-17H,5,12-15H2,1-3H3. The number of hydrogen-bond donors (Lipinski definition) is 0. The van der Waals surface area contributed by atoms with E-state index in [4.69, 9.17) is 14.7 Å². The lowest BCUT2D eigenvalue weighted by atomic mass is 10.2. The van der Waals surface area contributed by atoms with Crippen LogP contribution in [0, 0.1) is 13.8 Å². The Balaban J connectivity index is 1.41. The average Bonchev–Trinajstić information content (AvgIpc) is 3.12. The summed E-state index contributed by atoms with van der Waals surface area (Å²) in [5.41, 5.74) is 3.60. The van der Waals surface area contributed by atoms with Gasteiger partial charge in [0.2, 0.25) is 0 Å². The Morgan fingerprint density at radius 2 is 1.79 bits per heavy atom. The molecule has 1 amide bonds. The first kappa shape index (κ1) is 21.9. The molecule has 0 saturated carbocycles. The monoisotopic (exact) mass is 456 g/mol. The van der Waals surface area contributed by atoms with Gasteiger partial charge in [-0.25, -0.2) is 14.6 Å². The molecule has 1 fully saturated rings. The highest BCUT2D eigenvalue weighted by Gasteiger charge is 2.24. The number of carbonyl (C=O) groups excluding carboxylic acids is 1. The number of carbonyl (C=O) groups is 1. The Labute approximate surface area is 198 Å². The zero-order chi connectivity index (χ0) is 23.7. The smallest absolute Gasteiger partial charge is 0.254 e. The molecule has 2 aromatic heterocycles. The number of nitrogens with zero attached hydrogens (tertiary/aromatic N) is 6. The van der Waals surface area contributed by atoms with Gasteiger partial charge in [-0.3, -0.25) is 4.79 Å². The van der Waals surface area contributed by atoms with Crippen molar-refractivity contribution in [1.29, 1.82) is 0 Å². The molecule has 8 heteroatoms. The van der Waals surface area contributed by atoms with E-state index >= 15 is 0 Å². The van der Waals surface area contributed by atoms with Gasteiger partial charge in [-0.05, 0) is 50.6 Å². The van der Waals surface area contributed by atoms with Crippen LogP contribution < -0.4 is 9.64 Å². The quantitative estimate of drug-likeness (QED) is 0.465. The van der Waals surface area contributed by atoms with Crippen molar-refractivity contribution in [2.75, 3.05) is 38.2 Å². The van der Waals surface area contributed by atoms with Crippen LogP contribution >= 0.6 is 0 Å². The molecule has 4 aromatic rings. The lowest BCUT2D eigenvalue weighted by molar-refractivity contribution is 0.0766. The molecular formula is C26H28N6O2. The molecule has 174 valence electrons. The molecule has 0 spiro atoms. The molecule has 1 aliphatic rings. The molecule has 34 heavy (non-hydrogen) atoms. The summed E-state index contributed by atoms with van der Waals surface area (Å²) < 4.78 is 7.15. The van der Waals surface area contributed by atoms with Crippen molar-refractivity contribution in [3.8, 4) is 11.4 Å². The number of amides is 1. The summed E-state index contributed by atoms with van der Waals surface area (Å²) in [5.74, 6) is 2.28. The van der Waals surface area contributed by atoms with E-state index in [-0.39, 0.29) is 5.91 Å². The molecule has 0 bridgehead atoms. The molecule has 5 rings (SSSR count). The first-order chi connectivity index (χ1) is 16.5. The second-order valence-electron chi connectivity index (χ2n) is 8.59. The van der Waals surface area contributed by atoms with Crippen LogP contribution in [-0.4, -0.2) is 63.8 Å². The average molecular weight is 457 g/mol. The van der Waals surface area contributed by atoms with E-state index in [1.165, 1.54) is 5.56 Å². The van der Waals surface area contributed by atoms with Crippen LogP contribution in [0.5, 0.6) is 5.75 Å². The van der Waals surface area contributed by atoms with Crippen LogP contribution in [0.2, 0.25) is 0 Å². The van der Waals surface area contributed by atoms with Crippen LogP contribution in [-0.2, 0) is 0 Å². The van der Waals surface area contributed by atoms with E-state index in [1.807, 2.05) is 53.0 Å². The van der Waals surface area contributed by atoms with Crippen LogP contribution in [0.25, 0.3) is 16.7 Å². The van der Waals surface area contributed by atoms with E-state index in [9.17, 15) is 4.79 Å². The summed E-state index contributed by atoms with van der Waals surface area (Å²) in [5, 5.41) is 5.54. The fourth-order valence-electron chi connectivity index (χ4n) is 4.39. The molecule has 0 N–H and O–H groups in total. The normalized spacial score (nSPS) is 14.3. The highest BCUT2D eigenvalue weighted by Crippen LogP contribution is 2.27. The van der Waals surface area contributed by atoms with Crippen molar-refractivity contribution >= 4 is 22.8 Å². The van der Waals surface area contributed by atoms with Crippen LogP contribution in [0.15, 0.2) is 54.7 Å². The third-order valence-corrected chi connectivity index (χ3v) is 6.20. The Kier molecular flexibility index (Phi) is 5.88. The lowest BCUT2D eigenvalue weighted by Gasteiger charge is -2.23. The van der Waals surface area contributed by atoms with Gasteiger partial charge in [-0.15, -0.1) is 0 Å². The summed E-state index contributed by atoms with van der Waals surface area (Å²) in [4.78, 5) is 26.8. The van der Waals surface area contributed by atoms with E-state index < -0.39 is 0 Å². The van der Waals surface area contributed by atoms with E-state index in [2.05, 4.69) is 29.1 Å². The number of aromatic nitrogens is 4. The third kappa shape index (κ3) is 4.19. The number of ether oxygens (including phenoxy) is 1. The Hall–Kier alpha value is -3.94. The summed E-state index contributed by atoms with van der Waals surface area (Å²) >= 11 is 0. The summed E-state index contributed by atoms with van der Waals surface area (Å²) in [7, 11) is 1.61. The highest BCUT2D eigenvalue weighted by molar-refractivity contribution is 5.94. The number of fused-ring (bicyclic) bond motifs is 1. The second kappa shape index (κ2) is 9.13. The zero-order valence-electron chi connectivity index (χ0n) is 19.7. The minimum absolute atomic E-state index is 0.0250. The van der Waals surface area contributed by atoms with Crippen LogP contribution in [0.1, 0.15) is 28.2 Å². The molecule has 3 heterocycles. The first-order valence-electron chi connectivity index (χ1n) is 11.5. The topological polar surface area (TPSA) is 76.4 Å². The van der Waals surface area contributed by atoms with Gasteiger partial charge in [0, 0.05) is 31.7 Å². The largest absolute Gasteiger partial charge is 0.497 e. The second-order valence-corrected chi connectivity index (χ2v) is 8.59. The molecule has 0 radical (unpaired) electrons. The maximum atomic E-state index is 13.1. The van der Waals surface area contributed by atoms with Crippen LogP contribution in [0.3, 0.4) is 0 Å². The van der Waals surface area contributed by atoms with E-state index in [0.29, 0.717) is 36.8 Å². The minimum atomic E-state index is 0.0250. The molecule has 8 nitrogen and oxygen atoms in total. The SMILES string of the molecule is COc1cccc(C(=O)N2CCCN(c3nc(C)nc4c3cnn4-c3ccc(C)cc3)CC2)c1. The van der Waals surface area contributed by atoms with Gasteiger partial charge >= 0.3 is 0 Å². The van der Waals surface area contributed by atoms with E-state index in [0.717, 1.165) is 35.5 Å². The summed E-state index contributed by atoms with van der Waals surface area (Å²) in [6.45, 7) is 6.79. The van der Waals surface area contributed by atoms with Crippen molar-refractivity contribution in [1.82, 2.24) is 24.6 Å². The molecule has 2 aromatic carbocycles. The van der Waals surface area contributed by atoms with Crippen molar-refractivity contribution in [3.05, 3.63) is 71.7 Å². The number of anilines is 1. The Bertz CT molecular complexity index is 1330.